The first-order chi connectivity index (χ1) is 8.06. The first-order valence-electron chi connectivity index (χ1n) is 5.03. The fourth-order valence-electron chi connectivity index (χ4n) is 1.14. The van der Waals surface area contributed by atoms with Gasteiger partial charge in [-0.15, -0.1) is 0 Å². The maximum Gasteiger partial charge on any atom is 0.298 e. The normalized spacial score (nSPS) is 10.9. The lowest BCUT2D eigenvalue weighted by Gasteiger charge is -2.01. The molecule has 0 fully saturated rings. The molecule has 2 aromatic rings. The average Bonchev–Trinajstić information content (AvgIpc) is 2.72. The summed E-state index contributed by atoms with van der Waals surface area (Å²) in [5, 5.41) is 0.426. The Hall–Kier alpha value is -1.01. The summed E-state index contributed by atoms with van der Waals surface area (Å²) in [6.45, 7) is 4.01. The van der Waals surface area contributed by atoms with E-state index in [1.54, 1.807) is 12.1 Å². The van der Waals surface area contributed by atoms with Gasteiger partial charge in [-0.3, -0.25) is 0 Å². The Morgan fingerprint density at radius 1 is 1.41 bits per heavy atom. The zero-order chi connectivity index (χ0) is 12.4. The summed E-state index contributed by atoms with van der Waals surface area (Å²) in [4.78, 5) is 4.21. The van der Waals surface area contributed by atoms with Crippen LogP contribution in [-0.2, 0) is 0 Å². The van der Waals surface area contributed by atoms with Crippen molar-refractivity contribution in [3.8, 4) is 10.9 Å². The summed E-state index contributed by atoms with van der Waals surface area (Å²) >= 11 is 4.25. The summed E-state index contributed by atoms with van der Waals surface area (Å²) in [7, 11) is 0. The largest absolute Gasteiger partial charge is 0.430 e. The number of benzene rings is 1. The van der Waals surface area contributed by atoms with Crippen molar-refractivity contribution in [2.24, 2.45) is 0 Å². The van der Waals surface area contributed by atoms with Gasteiger partial charge >= 0.3 is 0 Å². The summed E-state index contributed by atoms with van der Waals surface area (Å²) in [6, 6.07) is 4.57. The first kappa shape index (κ1) is 12.4. The number of rotatable bonds is 3. The van der Waals surface area contributed by atoms with E-state index in [1.807, 2.05) is 13.8 Å². The predicted molar refractivity (Wildman–Crippen MR) is 68.2 cm³/mol. The third-order valence-electron chi connectivity index (χ3n) is 2.04. The summed E-state index contributed by atoms with van der Waals surface area (Å²) < 4.78 is 23.2. The quantitative estimate of drug-likeness (QED) is 0.844. The third-order valence-corrected chi connectivity index (χ3v) is 3.29. The predicted octanol–water partition coefficient (Wildman–Crippen LogP) is 4.36. The molecule has 0 aliphatic heterocycles. The highest BCUT2D eigenvalue weighted by molar-refractivity contribution is 9.10. The van der Waals surface area contributed by atoms with Crippen molar-refractivity contribution in [1.29, 1.82) is 0 Å². The topological polar surface area (TPSA) is 35.0 Å². The van der Waals surface area contributed by atoms with Gasteiger partial charge in [0.2, 0.25) is 0 Å². The second kappa shape index (κ2) is 5.10. The van der Waals surface area contributed by atoms with E-state index in [0.29, 0.717) is 15.4 Å². The van der Waals surface area contributed by atoms with Crippen molar-refractivity contribution in [1.82, 2.24) is 9.36 Å². The SMILES string of the molecule is CC(C)c1nsc(Oc2ccc(Br)c(F)c2)n1. The molecule has 17 heavy (non-hydrogen) atoms. The molecule has 3 nitrogen and oxygen atoms in total. The number of nitrogens with zero attached hydrogens (tertiary/aromatic N) is 2. The molecule has 0 N–H and O–H groups in total. The molecule has 0 atom stereocenters. The minimum Gasteiger partial charge on any atom is -0.430 e. The van der Waals surface area contributed by atoms with E-state index in [1.165, 1.54) is 17.6 Å². The fourth-order valence-corrected chi connectivity index (χ4v) is 2.08. The van der Waals surface area contributed by atoms with Gasteiger partial charge < -0.3 is 4.74 Å². The number of hydrogen-bond donors (Lipinski definition) is 0. The van der Waals surface area contributed by atoms with E-state index in [2.05, 4.69) is 25.3 Å². The Labute approximate surface area is 111 Å². The smallest absolute Gasteiger partial charge is 0.298 e. The minimum absolute atomic E-state index is 0.255. The number of ether oxygens (including phenoxy) is 1. The zero-order valence-corrected chi connectivity index (χ0v) is 11.7. The highest BCUT2D eigenvalue weighted by Gasteiger charge is 2.10. The van der Waals surface area contributed by atoms with Gasteiger partial charge in [0, 0.05) is 23.5 Å². The lowest BCUT2D eigenvalue weighted by molar-refractivity contribution is 0.470. The summed E-state index contributed by atoms with van der Waals surface area (Å²) in [5.41, 5.74) is 0. The van der Waals surface area contributed by atoms with E-state index in [4.69, 9.17) is 4.74 Å². The molecule has 0 bridgehead atoms. The average molecular weight is 317 g/mol. The molecule has 0 saturated heterocycles. The van der Waals surface area contributed by atoms with E-state index in [-0.39, 0.29) is 11.7 Å². The molecule has 90 valence electrons. The highest BCUT2D eigenvalue weighted by atomic mass is 79.9. The summed E-state index contributed by atoms with van der Waals surface area (Å²) in [6.07, 6.45) is 0. The number of hydrogen-bond acceptors (Lipinski definition) is 4. The van der Waals surface area contributed by atoms with Crippen molar-refractivity contribution in [3.63, 3.8) is 0 Å². The molecule has 1 aromatic carbocycles. The van der Waals surface area contributed by atoms with Gasteiger partial charge in [0.05, 0.1) is 4.47 Å². The minimum atomic E-state index is -0.365. The fraction of sp³-hybridized carbons (Fsp3) is 0.273. The van der Waals surface area contributed by atoms with Crippen LogP contribution in [-0.4, -0.2) is 9.36 Å². The molecular formula is C11H10BrFN2OS. The Bertz CT molecular complexity index is 530. The Morgan fingerprint density at radius 3 is 2.76 bits per heavy atom. The van der Waals surface area contributed by atoms with Crippen LogP contribution in [0.2, 0.25) is 0 Å². The van der Waals surface area contributed by atoms with Gasteiger partial charge in [0.15, 0.2) is 0 Å². The van der Waals surface area contributed by atoms with Crippen molar-refractivity contribution in [3.05, 3.63) is 34.3 Å². The molecule has 0 unspecified atom stereocenters. The monoisotopic (exact) mass is 316 g/mol. The molecule has 0 radical (unpaired) electrons. The molecule has 2 rings (SSSR count). The lowest BCUT2D eigenvalue weighted by Crippen LogP contribution is -1.90. The van der Waals surface area contributed by atoms with Crippen LogP contribution in [0.3, 0.4) is 0 Å². The maximum atomic E-state index is 13.3. The van der Waals surface area contributed by atoms with Gasteiger partial charge in [0.25, 0.3) is 5.19 Å². The van der Waals surface area contributed by atoms with E-state index < -0.39 is 0 Å². The van der Waals surface area contributed by atoms with Crippen LogP contribution < -0.4 is 4.74 Å². The zero-order valence-electron chi connectivity index (χ0n) is 9.28. The second-order valence-electron chi connectivity index (χ2n) is 3.75. The number of aromatic nitrogens is 2. The standard InChI is InChI=1S/C11H10BrFN2OS/c1-6(2)10-14-11(17-15-10)16-7-3-4-8(12)9(13)5-7/h3-6H,1-2H3. The molecule has 6 heteroatoms. The van der Waals surface area contributed by atoms with Gasteiger partial charge in [-0.25, -0.2) is 4.39 Å². The van der Waals surface area contributed by atoms with Gasteiger partial charge in [-0.1, -0.05) is 13.8 Å². The summed E-state index contributed by atoms with van der Waals surface area (Å²) in [5.74, 6) is 1.04. The Kier molecular flexibility index (Phi) is 3.73. The van der Waals surface area contributed by atoms with E-state index >= 15 is 0 Å². The van der Waals surface area contributed by atoms with Crippen LogP contribution in [0.4, 0.5) is 4.39 Å². The number of halogens is 2. The van der Waals surface area contributed by atoms with Gasteiger partial charge in [0.1, 0.15) is 17.4 Å². The second-order valence-corrected chi connectivity index (χ2v) is 5.32. The van der Waals surface area contributed by atoms with Gasteiger partial charge in [-0.2, -0.15) is 9.36 Å². The van der Waals surface area contributed by atoms with Crippen molar-refractivity contribution in [2.45, 2.75) is 19.8 Å². The molecule has 0 amide bonds. The van der Waals surface area contributed by atoms with Crippen molar-refractivity contribution in [2.75, 3.05) is 0 Å². The van der Waals surface area contributed by atoms with Crippen molar-refractivity contribution < 1.29 is 9.13 Å². The molecule has 0 spiro atoms. The first-order valence-corrected chi connectivity index (χ1v) is 6.59. The maximum absolute atomic E-state index is 13.3. The lowest BCUT2D eigenvalue weighted by atomic mass is 10.2. The van der Waals surface area contributed by atoms with Gasteiger partial charge in [-0.05, 0) is 28.1 Å². The van der Waals surface area contributed by atoms with Crippen LogP contribution >= 0.6 is 27.5 Å². The molecule has 1 aromatic heterocycles. The Morgan fingerprint density at radius 2 is 2.18 bits per heavy atom. The van der Waals surface area contributed by atoms with Crippen LogP contribution in [0, 0.1) is 5.82 Å². The van der Waals surface area contributed by atoms with Crippen molar-refractivity contribution >= 4 is 27.5 Å². The Balaban J connectivity index is 2.16. The van der Waals surface area contributed by atoms with Crippen LogP contribution in [0.25, 0.3) is 0 Å². The van der Waals surface area contributed by atoms with Crippen LogP contribution in [0.5, 0.6) is 10.9 Å². The highest BCUT2D eigenvalue weighted by Crippen LogP contribution is 2.27. The molecular weight excluding hydrogens is 307 g/mol. The molecule has 0 aliphatic carbocycles. The third kappa shape index (κ3) is 3.01. The van der Waals surface area contributed by atoms with E-state index in [9.17, 15) is 4.39 Å². The van der Waals surface area contributed by atoms with E-state index in [0.717, 1.165) is 5.82 Å². The molecule has 1 heterocycles. The molecule has 0 aliphatic rings. The molecule has 0 saturated carbocycles. The van der Waals surface area contributed by atoms with Crippen LogP contribution in [0.15, 0.2) is 22.7 Å². The van der Waals surface area contributed by atoms with Crippen LogP contribution in [0.1, 0.15) is 25.6 Å².